The van der Waals surface area contributed by atoms with Crippen LogP contribution in [-0.2, 0) is 12.6 Å². The van der Waals surface area contributed by atoms with E-state index in [1.54, 1.807) is 0 Å². The van der Waals surface area contributed by atoms with Crippen molar-refractivity contribution in [3.05, 3.63) is 69.0 Å². The van der Waals surface area contributed by atoms with E-state index >= 15 is 0 Å². The van der Waals surface area contributed by atoms with Crippen LogP contribution in [0, 0.1) is 13.8 Å². The molecule has 3 aromatic rings. The largest absolute Gasteiger partial charge is 0.418 e. The molecular formula is C27H29F3N4O2. The van der Waals surface area contributed by atoms with Crippen molar-refractivity contribution in [2.45, 2.75) is 58.4 Å². The summed E-state index contributed by atoms with van der Waals surface area (Å²) in [7, 11) is 0. The number of nitrogens with zero attached hydrogens (tertiary/aromatic N) is 3. The lowest BCUT2D eigenvalue weighted by Gasteiger charge is -2.27. The summed E-state index contributed by atoms with van der Waals surface area (Å²) in [5.41, 5.74) is 2.95. The van der Waals surface area contributed by atoms with Gasteiger partial charge >= 0.3 is 6.18 Å². The number of β-amino-alcohol motifs (C(OH)–C–C–N with tert-alkyl or cyclic N) is 1. The van der Waals surface area contributed by atoms with Gasteiger partial charge in [-0.1, -0.05) is 17.2 Å². The van der Waals surface area contributed by atoms with Crippen molar-refractivity contribution in [1.29, 1.82) is 0 Å². The third kappa shape index (κ3) is 4.48. The molecule has 6 nitrogen and oxygen atoms in total. The average Bonchev–Trinajstić information content (AvgIpc) is 3.24. The van der Waals surface area contributed by atoms with Crippen molar-refractivity contribution >= 4 is 11.4 Å². The molecule has 1 unspecified atom stereocenters. The third-order valence-corrected chi connectivity index (χ3v) is 6.95. The van der Waals surface area contributed by atoms with Crippen LogP contribution in [0.3, 0.4) is 0 Å². The highest BCUT2D eigenvalue weighted by molar-refractivity contribution is 5.72. The van der Waals surface area contributed by atoms with Crippen molar-refractivity contribution in [1.82, 2.24) is 9.78 Å². The zero-order valence-electron chi connectivity index (χ0n) is 20.5. The van der Waals surface area contributed by atoms with Gasteiger partial charge in [-0.3, -0.25) is 4.79 Å². The van der Waals surface area contributed by atoms with Crippen LogP contribution < -0.4 is 15.8 Å². The molecule has 2 atom stereocenters. The van der Waals surface area contributed by atoms with Gasteiger partial charge in [0.25, 0.3) is 5.56 Å². The number of aryl methyl sites for hydroxylation is 2. The topological polar surface area (TPSA) is 70.4 Å². The average molecular weight is 499 g/mol. The van der Waals surface area contributed by atoms with Crippen LogP contribution in [0.5, 0.6) is 0 Å². The highest BCUT2D eigenvalue weighted by Gasteiger charge is 2.36. The normalized spacial score (nSPS) is 19.8. The molecular weight excluding hydrogens is 469 g/mol. The number of alkyl halides is 3. The van der Waals surface area contributed by atoms with Gasteiger partial charge in [-0.2, -0.15) is 23.0 Å². The Morgan fingerprint density at radius 3 is 2.44 bits per heavy atom. The molecule has 3 heterocycles. The van der Waals surface area contributed by atoms with Gasteiger partial charge in [-0.05, 0) is 70.4 Å². The Bertz CT molecular complexity index is 1360. The smallest absolute Gasteiger partial charge is 0.391 e. The maximum atomic E-state index is 14.2. The number of hydrogen-bond acceptors (Lipinski definition) is 5. The molecule has 0 saturated carbocycles. The van der Waals surface area contributed by atoms with E-state index in [0.717, 1.165) is 39.4 Å². The standard InChI is InChI=1S/C27H29F3N4O2/c1-15-10-16(2)12-18(11-15)24-21-6-4-17(3)31-25(21)26(36)34(32-24)23-13-19(33-9-8-20(35)14-33)5-7-22(23)27(28,29)30/h5,7,10-13,17,20,31,35H,4,6,8-9,14H2,1-3H3/t17?,20-/m0/s1. The predicted molar refractivity (Wildman–Crippen MR) is 134 cm³/mol. The summed E-state index contributed by atoms with van der Waals surface area (Å²) in [5.74, 6) is 0. The first kappa shape index (κ1) is 24.4. The van der Waals surface area contributed by atoms with Crippen LogP contribution >= 0.6 is 0 Å². The minimum absolute atomic E-state index is 0.00709. The highest BCUT2D eigenvalue weighted by atomic mass is 19.4. The lowest BCUT2D eigenvalue weighted by molar-refractivity contribution is -0.137. The maximum absolute atomic E-state index is 14.2. The fourth-order valence-electron chi connectivity index (χ4n) is 5.25. The Morgan fingerprint density at radius 2 is 1.81 bits per heavy atom. The van der Waals surface area contributed by atoms with E-state index in [1.807, 2.05) is 43.9 Å². The van der Waals surface area contributed by atoms with E-state index in [4.69, 9.17) is 0 Å². The Morgan fingerprint density at radius 1 is 1.08 bits per heavy atom. The zero-order valence-corrected chi connectivity index (χ0v) is 20.5. The first-order chi connectivity index (χ1) is 17.0. The molecule has 0 bridgehead atoms. The van der Waals surface area contributed by atoms with E-state index in [2.05, 4.69) is 10.4 Å². The van der Waals surface area contributed by atoms with Gasteiger partial charge < -0.3 is 15.3 Å². The lowest BCUT2D eigenvalue weighted by Crippen LogP contribution is -2.34. The molecule has 1 fully saturated rings. The fraction of sp³-hybridized carbons (Fsp3) is 0.407. The summed E-state index contributed by atoms with van der Waals surface area (Å²) < 4.78 is 43.4. The molecule has 1 aromatic heterocycles. The van der Waals surface area contributed by atoms with Crippen LogP contribution in [-0.4, -0.2) is 40.1 Å². The van der Waals surface area contributed by atoms with E-state index in [9.17, 15) is 23.1 Å². The van der Waals surface area contributed by atoms with E-state index < -0.39 is 23.4 Å². The number of benzene rings is 2. The molecule has 9 heteroatoms. The van der Waals surface area contributed by atoms with Gasteiger partial charge in [0, 0.05) is 35.9 Å². The molecule has 5 rings (SSSR count). The zero-order chi connectivity index (χ0) is 25.8. The van der Waals surface area contributed by atoms with Crippen molar-refractivity contribution < 1.29 is 18.3 Å². The number of halogens is 3. The SMILES string of the molecule is Cc1cc(C)cc(-c2nn(-c3cc(N4CC[C@H](O)C4)ccc3C(F)(F)F)c(=O)c3c2CCC(C)N3)c1. The van der Waals surface area contributed by atoms with Gasteiger partial charge in [-0.15, -0.1) is 0 Å². The fourth-order valence-corrected chi connectivity index (χ4v) is 5.25. The molecule has 0 radical (unpaired) electrons. The van der Waals surface area contributed by atoms with Gasteiger partial charge in [0.05, 0.1) is 23.0 Å². The number of hydrogen-bond donors (Lipinski definition) is 2. The van der Waals surface area contributed by atoms with Gasteiger partial charge in [0.1, 0.15) is 5.69 Å². The van der Waals surface area contributed by atoms with Crippen LogP contribution in [0.4, 0.5) is 24.5 Å². The number of aromatic nitrogens is 2. The molecule has 0 amide bonds. The summed E-state index contributed by atoms with van der Waals surface area (Å²) >= 11 is 0. The second-order valence-corrected chi connectivity index (χ2v) is 9.97. The summed E-state index contributed by atoms with van der Waals surface area (Å²) in [6, 6.07) is 9.65. The Kier molecular flexibility index (Phi) is 6.06. The van der Waals surface area contributed by atoms with Crippen LogP contribution in [0.1, 0.15) is 42.0 Å². The quantitative estimate of drug-likeness (QED) is 0.540. The molecule has 2 N–H and O–H groups in total. The minimum Gasteiger partial charge on any atom is -0.391 e. The predicted octanol–water partition coefficient (Wildman–Crippen LogP) is 4.85. The molecule has 0 aliphatic carbocycles. The number of rotatable bonds is 3. The summed E-state index contributed by atoms with van der Waals surface area (Å²) in [6.07, 6.45) is -3.30. The molecule has 2 aliphatic rings. The Labute approximate surface area is 207 Å². The monoisotopic (exact) mass is 498 g/mol. The van der Waals surface area contributed by atoms with Gasteiger partial charge in [0.2, 0.25) is 0 Å². The van der Waals surface area contributed by atoms with E-state index in [1.165, 1.54) is 12.1 Å². The van der Waals surface area contributed by atoms with E-state index in [0.29, 0.717) is 43.0 Å². The number of anilines is 2. The minimum atomic E-state index is -4.68. The molecule has 2 aromatic carbocycles. The number of fused-ring (bicyclic) bond motifs is 1. The first-order valence-corrected chi connectivity index (χ1v) is 12.2. The maximum Gasteiger partial charge on any atom is 0.418 e. The molecule has 0 spiro atoms. The lowest BCUT2D eigenvalue weighted by atomic mass is 9.94. The second kappa shape index (κ2) is 8.96. The highest BCUT2D eigenvalue weighted by Crippen LogP contribution is 2.38. The third-order valence-electron chi connectivity index (χ3n) is 6.95. The van der Waals surface area contributed by atoms with Crippen LogP contribution in [0.2, 0.25) is 0 Å². The van der Waals surface area contributed by atoms with Crippen molar-refractivity contribution in [2.75, 3.05) is 23.3 Å². The van der Waals surface area contributed by atoms with Gasteiger partial charge in [-0.25, -0.2) is 0 Å². The molecule has 190 valence electrons. The number of nitrogens with one attached hydrogen (secondary N) is 1. The second-order valence-electron chi connectivity index (χ2n) is 9.97. The summed E-state index contributed by atoms with van der Waals surface area (Å²) in [5, 5.41) is 17.7. The van der Waals surface area contributed by atoms with Gasteiger partial charge in [0.15, 0.2) is 0 Å². The van der Waals surface area contributed by atoms with Crippen molar-refractivity contribution in [3.8, 4) is 16.9 Å². The van der Waals surface area contributed by atoms with Crippen molar-refractivity contribution in [2.24, 2.45) is 0 Å². The number of aliphatic hydroxyl groups is 1. The summed E-state index contributed by atoms with van der Waals surface area (Å²) in [6.45, 7) is 6.70. The Balaban J connectivity index is 1.78. The summed E-state index contributed by atoms with van der Waals surface area (Å²) in [4.78, 5) is 15.5. The van der Waals surface area contributed by atoms with Crippen LogP contribution in [0.15, 0.2) is 41.2 Å². The molecule has 36 heavy (non-hydrogen) atoms. The van der Waals surface area contributed by atoms with Crippen molar-refractivity contribution in [3.63, 3.8) is 0 Å². The first-order valence-electron chi connectivity index (χ1n) is 12.2. The molecule has 1 saturated heterocycles. The Hall–Kier alpha value is -3.33. The van der Waals surface area contributed by atoms with E-state index in [-0.39, 0.29) is 11.7 Å². The van der Waals surface area contributed by atoms with Crippen LogP contribution in [0.25, 0.3) is 16.9 Å². The molecule has 2 aliphatic heterocycles. The number of aliphatic hydroxyl groups excluding tert-OH is 1.